The predicted molar refractivity (Wildman–Crippen MR) is 84.5 cm³/mol. The molecule has 0 fully saturated rings. The van der Waals surface area contributed by atoms with Gasteiger partial charge in [0.2, 0.25) is 0 Å². The standard InChI is InChI=1S/C14H9Br2NS/c15-13-7-8-14(16)17(13)11-5-3-10(4-6-11)12-2-1-9-18-12/h1-9H. The van der Waals surface area contributed by atoms with E-state index in [1.54, 1.807) is 11.3 Å². The zero-order valence-electron chi connectivity index (χ0n) is 9.31. The maximum absolute atomic E-state index is 3.55. The smallest absolute Gasteiger partial charge is 0.0901 e. The third-order valence-electron chi connectivity index (χ3n) is 2.72. The van der Waals surface area contributed by atoms with Crippen LogP contribution in [0.25, 0.3) is 16.1 Å². The Morgan fingerprint density at radius 1 is 0.833 bits per heavy atom. The average molecular weight is 383 g/mol. The fourth-order valence-corrected chi connectivity index (χ4v) is 3.88. The van der Waals surface area contributed by atoms with Gasteiger partial charge < -0.3 is 0 Å². The van der Waals surface area contributed by atoms with E-state index in [1.807, 2.05) is 12.1 Å². The molecule has 0 amide bonds. The van der Waals surface area contributed by atoms with Gasteiger partial charge in [-0.15, -0.1) is 11.3 Å². The molecule has 0 unspecified atom stereocenters. The summed E-state index contributed by atoms with van der Waals surface area (Å²) in [5, 5.41) is 2.10. The number of benzene rings is 1. The molecule has 4 heteroatoms. The highest BCUT2D eigenvalue weighted by Crippen LogP contribution is 2.29. The minimum Gasteiger partial charge on any atom is -0.298 e. The van der Waals surface area contributed by atoms with Crippen molar-refractivity contribution in [2.75, 3.05) is 0 Å². The molecule has 18 heavy (non-hydrogen) atoms. The first kappa shape index (κ1) is 12.2. The minimum absolute atomic E-state index is 1.04. The Bertz CT molecular complexity index is 634. The summed E-state index contributed by atoms with van der Waals surface area (Å²) in [6, 6.07) is 16.8. The van der Waals surface area contributed by atoms with Gasteiger partial charge in [-0.25, -0.2) is 0 Å². The Hall–Kier alpha value is -0.840. The van der Waals surface area contributed by atoms with Crippen LogP contribution in [0.1, 0.15) is 0 Å². The van der Waals surface area contributed by atoms with Gasteiger partial charge in [-0.2, -0.15) is 0 Å². The monoisotopic (exact) mass is 381 g/mol. The van der Waals surface area contributed by atoms with Crippen molar-refractivity contribution in [1.29, 1.82) is 0 Å². The van der Waals surface area contributed by atoms with Crippen LogP contribution < -0.4 is 0 Å². The Morgan fingerprint density at radius 2 is 1.50 bits per heavy atom. The van der Waals surface area contributed by atoms with Gasteiger partial charge in [0.25, 0.3) is 0 Å². The van der Waals surface area contributed by atoms with Crippen molar-refractivity contribution in [3.05, 3.63) is 63.1 Å². The molecule has 1 aromatic carbocycles. The quantitative estimate of drug-likeness (QED) is 0.533. The summed E-state index contributed by atoms with van der Waals surface area (Å²) in [6.45, 7) is 0. The van der Waals surface area contributed by atoms with Crippen LogP contribution in [0.5, 0.6) is 0 Å². The van der Waals surface area contributed by atoms with Crippen LogP contribution in [0.2, 0.25) is 0 Å². The molecule has 0 radical (unpaired) electrons. The average Bonchev–Trinajstić information content (AvgIpc) is 3.01. The van der Waals surface area contributed by atoms with Crippen molar-refractivity contribution in [1.82, 2.24) is 4.57 Å². The molecular formula is C14H9Br2NS. The number of aromatic nitrogens is 1. The molecular weight excluding hydrogens is 374 g/mol. The SMILES string of the molecule is Brc1ccc(Br)n1-c1ccc(-c2cccs2)cc1. The number of nitrogens with zero attached hydrogens (tertiary/aromatic N) is 1. The van der Waals surface area contributed by atoms with Crippen LogP contribution in [-0.4, -0.2) is 4.57 Å². The van der Waals surface area contributed by atoms with Crippen LogP contribution >= 0.6 is 43.2 Å². The number of halogens is 2. The van der Waals surface area contributed by atoms with Crippen molar-refractivity contribution < 1.29 is 0 Å². The third-order valence-corrected chi connectivity index (χ3v) is 4.87. The summed E-state index contributed by atoms with van der Waals surface area (Å²) < 4.78 is 4.19. The van der Waals surface area contributed by atoms with Crippen molar-refractivity contribution in [2.45, 2.75) is 0 Å². The van der Waals surface area contributed by atoms with E-state index in [1.165, 1.54) is 10.4 Å². The topological polar surface area (TPSA) is 4.93 Å². The number of thiophene rings is 1. The molecule has 0 atom stereocenters. The predicted octanol–water partition coefficient (Wildman–Crippen LogP) is 5.73. The lowest BCUT2D eigenvalue weighted by Gasteiger charge is -2.08. The molecule has 1 nitrogen and oxygen atoms in total. The molecule has 2 heterocycles. The van der Waals surface area contributed by atoms with Gasteiger partial charge in [0.15, 0.2) is 0 Å². The Balaban J connectivity index is 2.02. The zero-order chi connectivity index (χ0) is 12.5. The van der Waals surface area contributed by atoms with Gasteiger partial charge >= 0.3 is 0 Å². The van der Waals surface area contributed by atoms with Gasteiger partial charge in [-0.3, -0.25) is 4.57 Å². The van der Waals surface area contributed by atoms with Crippen LogP contribution in [0.3, 0.4) is 0 Å². The van der Waals surface area contributed by atoms with Crippen LogP contribution in [0.4, 0.5) is 0 Å². The molecule has 90 valence electrons. The summed E-state index contributed by atoms with van der Waals surface area (Å²) >= 11 is 8.85. The second-order valence-electron chi connectivity index (χ2n) is 3.84. The molecule has 0 N–H and O–H groups in total. The zero-order valence-corrected chi connectivity index (χ0v) is 13.3. The normalized spacial score (nSPS) is 10.8. The molecule has 2 aromatic heterocycles. The largest absolute Gasteiger partial charge is 0.298 e. The van der Waals surface area contributed by atoms with Crippen molar-refractivity contribution in [3.63, 3.8) is 0 Å². The molecule has 3 rings (SSSR count). The summed E-state index contributed by atoms with van der Waals surface area (Å²) in [6.07, 6.45) is 0. The first-order valence-electron chi connectivity index (χ1n) is 5.43. The Morgan fingerprint density at radius 3 is 2.06 bits per heavy atom. The molecule has 0 aliphatic rings. The van der Waals surface area contributed by atoms with E-state index in [9.17, 15) is 0 Å². The number of hydrogen-bond donors (Lipinski definition) is 0. The van der Waals surface area contributed by atoms with Crippen LogP contribution in [0.15, 0.2) is 63.1 Å². The van der Waals surface area contributed by atoms with Gasteiger partial charge in [0.1, 0.15) is 0 Å². The number of rotatable bonds is 2. The second kappa shape index (κ2) is 5.03. The fraction of sp³-hybridized carbons (Fsp3) is 0. The summed E-state index contributed by atoms with van der Waals surface area (Å²) in [4.78, 5) is 1.30. The van der Waals surface area contributed by atoms with E-state index in [-0.39, 0.29) is 0 Å². The van der Waals surface area contributed by atoms with Crippen molar-refractivity contribution in [2.24, 2.45) is 0 Å². The van der Waals surface area contributed by atoms with Gasteiger partial charge in [-0.1, -0.05) is 18.2 Å². The van der Waals surface area contributed by atoms with E-state index >= 15 is 0 Å². The minimum atomic E-state index is 1.04. The van der Waals surface area contributed by atoms with E-state index in [2.05, 4.69) is 78.2 Å². The molecule has 0 saturated carbocycles. The van der Waals surface area contributed by atoms with Gasteiger partial charge in [0.05, 0.1) is 9.21 Å². The highest BCUT2D eigenvalue weighted by atomic mass is 79.9. The highest BCUT2D eigenvalue weighted by molar-refractivity contribution is 9.11. The molecule has 0 aliphatic carbocycles. The molecule has 0 spiro atoms. The Kier molecular flexibility index (Phi) is 3.41. The lowest BCUT2D eigenvalue weighted by Crippen LogP contribution is -1.93. The maximum Gasteiger partial charge on any atom is 0.0901 e. The molecule has 0 saturated heterocycles. The summed E-state index contributed by atoms with van der Waals surface area (Å²) in [5.41, 5.74) is 2.40. The fourth-order valence-electron chi connectivity index (χ4n) is 1.85. The van der Waals surface area contributed by atoms with E-state index in [0.717, 1.165) is 14.9 Å². The van der Waals surface area contributed by atoms with E-state index in [0.29, 0.717) is 0 Å². The van der Waals surface area contributed by atoms with Crippen LogP contribution in [0, 0.1) is 0 Å². The summed E-state index contributed by atoms with van der Waals surface area (Å²) in [7, 11) is 0. The highest BCUT2D eigenvalue weighted by Gasteiger charge is 2.06. The van der Waals surface area contributed by atoms with Crippen molar-refractivity contribution >= 4 is 43.2 Å². The van der Waals surface area contributed by atoms with Gasteiger partial charge in [-0.05, 0) is 73.1 Å². The second-order valence-corrected chi connectivity index (χ2v) is 6.41. The lowest BCUT2D eigenvalue weighted by atomic mass is 10.2. The van der Waals surface area contributed by atoms with E-state index < -0.39 is 0 Å². The third kappa shape index (κ3) is 2.20. The van der Waals surface area contributed by atoms with Crippen molar-refractivity contribution in [3.8, 4) is 16.1 Å². The molecule has 0 bridgehead atoms. The summed E-state index contributed by atoms with van der Waals surface area (Å²) in [5.74, 6) is 0. The Labute approximate surface area is 126 Å². The lowest BCUT2D eigenvalue weighted by molar-refractivity contribution is 1.02. The first-order valence-corrected chi connectivity index (χ1v) is 7.89. The first-order chi connectivity index (χ1) is 8.75. The molecule has 3 aromatic rings. The molecule has 0 aliphatic heterocycles. The maximum atomic E-state index is 3.55. The van der Waals surface area contributed by atoms with Crippen LogP contribution in [-0.2, 0) is 0 Å². The number of hydrogen-bond acceptors (Lipinski definition) is 1. The van der Waals surface area contributed by atoms with E-state index in [4.69, 9.17) is 0 Å². The van der Waals surface area contributed by atoms with Gasteiger partial charge in [0, 0.05) is 10.6 Å².